The fourth-order valence-electron chi connectivity index (χ4n) is 1.54. The second kappa shape index (κ2) is 10.9. The van der Waals surface area contributed by atoms with Crippen LogP contribution in [0.3, 0.4) is 0 Å². The van der Waals surface area contributed by atoms with E-state index in [2.05, 4.69) is 42.5 Å². The maximum absolute atomic E-state index is 5.63. The maximum atomic E-state index is 5.63. The minimum Gasteiger partial charge on any atom is -0.492 e. The summed E-state index contributed by atoms with van der Waals surface area (Å²) < 4.78 is 5.63. The van der Waals surface area contributed by atoms with Crippen LogP contribution < -0.4 is 15.4 Å². The van der Waals surface area contributed by atoms with E-state index < -0.39 is 0 Å². The summed E-state index contributed by atoms with van der Waals surface area (Å²) in [6.07, 6.45) is 0. The molecule has 2 N–H and O–H groups in total. The predicted octanol–water partition coefficient (Wildman–Crippen LogP) is 2.57. The van der Waals surface area contributed by atoms with Crippen molar-refractivity contribution < 1.29 is 4.74 Å². The molecule has 108 valence electrons. The van der Waals surface area contributed by atoms with Crippen LogP contribution in [0.5, 0.6) is 5.75 Å². The number of hydrogen-bond acceptors (Lipinski definition) is 2. The van der Waals surface area contributed by atoms with Gasteiger partial charge in [-0.15, -0.1) is 24.0 Å². The summed E-state index contributed by atoms with van der Waals surface area (Å²) in [7, 11) is 0. The highest BCUT2D eigenvalue weighted by Crippen LogP contribution is 2.11. The Morgan fingerprint density at radius 1 is 1.21 bits per heavy atom. The lowest BCUT2D eigenvalue weighted by Gasteiger charge is -2.09. The third-order valence-corrected chi connectivity index (χ3v) is 2.31. The Kier molecular flexibility index (Phi) is 10.3. The molecule has 1 aromatic rings. The first-order valence-corrected chi connectivity index (χ1v) is 6.48. The number of benzene rings is 1. The van der Waals surface area contributed by atoms with E-state index in [9.17, 15) is 0 Å². The van der Waals surface area contributed by atoms with Crippen LogP contribution in [0.4, 0.5) is 0 Å². The van der Waals surface area contributed by atoms with Crippen molar-refractivity contribution in [2.24, 2.45) is 4.99 Å². The van der Waals surface area contributed by atoms with E-state index in [-0.39, 0.29) is 24.0 Å². The van der Waals surface area contributed by atoms with Gasteiger partial charge in [0.1, 0.15) is 12.4 Å². The number of nitrogens with one attached hydrogen (secondary N) is 2. The van der Waals surface area contributed by atoms with Crippen molar-refractivity contribution in [3.05, 3.63) is 29.8 Å². The smallest absolute Gasteiger partial charge is 0.191 e. The van der Waals surface area contributed by atoms with Crippen molar-refractivity contribution >= 4 is 29.9 Å². The Bertz CT molecular complexity index is 375. The van der Waals surface area contributed by atoms with Gasteiger partial charge in [-0.3, -0.25) is 0 Å². The number of aliphatic imine (C=N–C) groups is 1. The molecule has 0 heterocycles. The van der Waals surface area contributed by atoms with Crippen LogP contribution in [-0.2, 0) is 0 Å². The lowest BCUT2D eigenvalue weighted by atomic mass is 10.2. The van der Waals surface area contributed by atoms with Crippen molar-refractivity contribution in [1.82, 2.24) is 10.6 Å². The second-order valence-electron chi connectivity index (χ2n) is 3.96. The molecule has 0 saturated heterocycles. The standard InChI is InChI=1S/C14H23N3O.HI/c1-4-15-14(16-5-2)17-9-10-18-13-8-6-7-12(3)11-13;/h6-8,11H,4-5,9-10H2,1-3H3,(H2,15,16,17);1H. The van der Waals surface area contributed by atoms with Gasteiger partial charge in [0.25, 0.3) is 0 Å². The third-order valence-electron chi connectivity index (χ3n) is 2.31. The summed E-state index contributed by atoms with van der Waals surface area (Å²) in [5, 5.41) is 6.35. The summed E-state index contributed by atoms with van der Waals surface area (Å²) in [5.74, 6) is 1.74. The number of ether oxygens (including phenoxy) is 1. The van der Waals surface area contributed by atoms with E-state index >= 15 is 0 Å². The van der Waals surface area contributed by atoms with Gasteiger partial charge in [0, 0.05) is 13.1 Å². The molecule has 4 nitrogen and oxygen atoms in total. The fraction of sp³-hybridized carbons (Fsp3) is 0.500. The van der Waals surface area contributed by atoms with Gasteiger partial charge in [0.15, 0.2) is 5.96 Å². The van der Waals surface area contributed by atoms with Gasteiger partial charge in [0.05, 0.1) is 6.54 Å². The molecular formula is C14H24IN3O. The minimum atomic E-state index is 0. The molecule has 0 radical (unpaired) electrons. The van der Waals surface area contributed by atoms with E-state index in [1.165, 1.54) is 5.56 Å². The van der Waals surface area contributed by atoms with E-state index in [4.69, 9.17) is 4.74 Å². The van der Waals surface area contributed by atoms with Crippen LogP contribution in [0.2, 0.25) is 0 Å². The van der Waals surface area contributed by atoms with Gasteiger partial charge in [-0.05, 0) is 38.5 Å². The van der Waals surface area contributed by atoms with Crippen LogP contribution in [0.15, 0.2) is 29.3 Å². The zero-order valence-corrected chi connectivity index (χ0v) is 14.2. The van der Waals surface area contributed by atoms with Crippen molar-refractivity contribution in [3.8, 4) is 5.75 Å². The average Bonchev–Trinajstić information content (AvgIpc) is 2.35. The zero-order valence-electron chi connectivity index (χ0n) is 11.9. The molecule has 0 bridgehead atoms. The highest BCUT2D eigenvalue weighted by molar-refractivity contribution is 14.0. The van der Waals surface area contributed by atoms with E-state index in [1.807, 2.05) is 18.2 Å². The molecule has 0 amide bonds. The summed E-state index contributed by atoms with van der Waals surface area (Å²) in [6.45, 7) is 9.12. The number of halogens is 1. The van der Waals surface area contributed by atoms with Crippen molar-refractivity contribution in [2.75, 3.05) is 26.2 Å². The Labute approximate surface area is 133 Å². The topological polar surface area (TPSA) is 45.7 Å². The number of rotatable bonds is 6. The summed E-state index contributed by atoms with van der Waals surface area (Å²) in [6, 6.07) is 8.04. The molecular weight excluding hydrogens is 353 g/mol. The molecule has 0 aromatic heterocycles. The second-order valence-corrected chi connectivity index (χ2v) is 3.96. The quantitative estimate of drug-likeness (QED) is 0.347. The molecule has 0 spiro atoms. The minimum absolute atomic E-state index is 0. The van der Waals surface area contributed by atoms with Crippen molar-refractivity contribution in [2.45, 2.75) is 20.8 Å². The van der Waals surface area contributed by atoms with Crippen LogP contribution in [0.1, 0.15) is 19.4 Å². The van der Waals surface area contributed by atoms with Crippen LogP contribution >= 0.6 is 24.0 Å². The molecule has 1 rings (SSSR count). The van der Waals surface area contributed by atoms with Gasteiger partial charge in [0.2, 0.25) is 0 Å². The summed E-state index contributed by atoms with van der Waals surface area (Å²) >= 11 is 0. The normalized spacial score (nSPS) is 9.21. The maximum Gasteiger partial charge on any atom is 0.191 e. The highest BCUT2D eigenvalue weighted by Gasteiger charge is 1.95. The lowest BCUT2D eigenvalue weighted by molar-refractivity contribution is 0.328. The van der Waals surface area contributed by atoms with Crippen LogP contribution in [0, 0.1) is 6.92 Å². The summed E-state index contributed by atoms with van der Waals surface area (Å²) in [4.78, 5) is 4.41. The molecule has 0 saturated carbocycles. The first-order chi connectivity index (χ1) is 8.76. The average molecular weight is 377 g/mol. The van der Waals surface area contributed by atoms with Gasteiger partial charge < -0.3 is 15.4 Å². The molecule has 0 aliphatic heterocycles. The SMILES string of the molecule is CCNC(=NCCOc1cccc(C)c1)NCC.I. The van der Waals surface area contributed by atoms with Crippen molar-refractivity contribution in [3.63, 3.8) is 0 Å². The molecule has 19 heavy (non-hydrogen) atoms. The number of hydrogen-bond donors (Lipinski definition) is 2. The lowest BCUT2D eigenvalue weighted by Crippen LogP contribution is -2.37. The molecule has 0 aliphatic carbocycles. The van der Waals surface area contributed by atoms with Gasteiger partial charge >= 0.3 is 0 Å². The first kappa shape index (κ1) is 18.0. The predicted molar refractivity (Wildman–Crippen MR) is 91.7 cm³/mol. The van der Waals surface area contributed by atoms with E-state index in [0.717, 1.165) is 24.8 Å². The Balaban J connectivity index is 0.00000324. The molecule has 5 heteroatoms. The largest absolute Gasteiger partial charge is 0.492 e. The van der Waals surface area contributed by atoms with E-state index in [0.29, 0.717) is 13.2 Å². The zero-order chi connectivity index (χ0) is 13.2. The van der Waals surface area contributed by atoms with Gasteiger partial charge in [-0.2, -0.15) is 0 Å². The Morgan fingerprint density at radius 3 is 2.47 bits per heavy atom. The molecule has 0 aliphatic rings. The third kappa shape index (κ3) is 7.92. The molecule has 1 aromatic carbocycles. The van der Waals surface area contributed by atoms with E-state index in [1.54, 1.807) is 0 Å². The van der Waals surface area contributed by atoms with Crippen molar-refractivity contribution in [1.29, 1.82) is 0 Å². The van der Waals surface area contributed by atoms with Gasteiger partial charge in [-0.1, -0.05) is 12.1 Å². The van der Waals surface area contributed by atoms with Gasteiger partial charge in [-0.25, -0.2) is 4.99 Å². The summed E-state index contributed by atoms with van der Waals surface area (Å²) in [5.41, 5.74) is 1.21. The molecule has 0 fully saturated rings. The first-order valence-electron chi connectivity index (χ1n) is 6.48. The number of nitrogens with zero attached hydrogens (tertiary/aromatic N) is 1. The number of aryl methyl sites for hydroxylation is 1. The monoisotopic (exact) mass is 377 g/mol. The highest BCUT2D eigenvalue weighted by atomic mass is 127. The molecule has 0 atom stereocenters. The fourth-order valence-corrected chi connectivity index (χ4v) is 1.54. The Hall–Kier alpha value is -0.980. The molecule has 0 unspecified atom stereocenters. The van der Waals surface area contributed by atoms with Crippen LogP contribution in [0.25, 0.3) is 0 Å². The van der Waals surface area contributed by atoms with Crippen LogP contribution in [-0.4, -0.2) is 32.2 Å². The number of guanidine groups is 1. The Morgan fingerprint density at radius 2 is 1.89 bits per heavy atom.